The number of hydrogen-bond donors (Lipinski definition) is 1. The van der Waals surface area contributed by atoms with E-state index < -0.39 is 0 Å². The van der Waals surface area contributed by atoms with Crippen LogP contribution in [0.4, 0.5) is 0 Å². The van der Waals surface area contributed by atoms with Crippen molar-refractivity contribution in [1.82, 2.24) is 5.32 Å². The largest absolute Gasteiger partial charge is 0.496 e. The van der Waals surface area contributed by atoms with Crippen molar-refractivity contribution < 1.29 is 4.74 Å². The molecule has 0 bridgehead atoms. The summed E-state index contributed by atoms with van der Waals surface area (Å²) in [5.41, 5.74) is 2.55. The lowest BCUT2D eigenvalue weighted by atomic mass is 9.90. The Balaban J connectivity index is 2.47. The maximum atomic E-state index is 5.40. The van der Waals surface area contributed by atoms with Crippen LogP contribution in [0.5, 0.6) is 5.75 Å². The summed E-state index contributed by atoms with van der Waals surface area (Å²) in [4.78, 5) is 0. The van der Waals surface area contributed by atoms with Gasteiger partial charge in [-0.3, -0.25) is 0 Å². The van der Waals surface area contributed by atoms with Gasteiger partial charge < -0.3 is 10.1 Å². The first-order valence-corrected chi connectivity index (χ1v) is 6.46. The summed E-state index contributed by atoms with van der Waals surface area (Å²) in [5.74, 6) is 0.966. The number of ether oxygens (including phenoxy) is 1. The molecule has 1 aromatic rings. The molecule has 1 N–H and O–H groups in total. The number of hydrogen-bond acceptors (Lipinski definition) is 2. The molecule has 0 saturated carbocycles. The lowest BCUT2D eigenvalue weighted by molar-refractivity contribution is 0.400. The third kappa shape index (κ3) is 1.98. The maximum Gasteiger partial charge on any atom is 0.122 e. The van der Waals surface area contributed by atoms with Crippen LogP contribution in [-0.2, 0) is 5.54 Å². The van der Waals surface area contributed by atoms with Crippen molar-refractivity contribution >= 4 is 15.9 Å². The molecule has 0 amide bonds. The van der Waals surface area contributed by atoms with Crippen molar-refractivity contribution in [3.05, 3.63) is 27.7 Å². The van der Waals surface area contributed by atoms with Gasteiger partial charge >= 0.3 is 0 Å². The molecule has 1 heterocycles. The molecule has 0 aromatic heterocycles. The SMILES string of the molecule is COc1cc(C2(C)CCCN2)c(Br)cc1C. The van der Waals surface area contributed by atoms with Gasteiger partial charge in [0.25, 0.3) is 0 Å². The van der Waals surface area contributed by atoms with Crippen LogP contribution < -0.4 is 10.1 Å². The van der Waals surface area contributed by atoms with Crippen molar-refractivity contribution in [3.8, 4) is 5.75 Å². The zero-order valence-corrected chi connectivity index (χ0v) is 11.6. The lowest BCUT2D eigenvalue weighted by Crippen LogP contribution is -2.33. The Labute approximate surface area is 106 Å². The Morgan fingerprint density at radius 3 is 2.75 bits per heavy atom. The molecular formula is C13H18BrNO. The van der Waals surface area contributed by atoms with Gasteiger partial charge in [-0.1, -0.05) is 15.9 Å². The van der Waals surface area contributed by atoms with E-state index >= 15 is 0 Å². The second-order valence-electron chi connectivity index (χ2n) is 4.66. The first-order valence-electron chi connectivity index (χ1n) is 5.66. The Hall–Kier alpha value is -0.540. The van der Waals surface area contributed by atoms with E-state index in [4.69, 9.17) is 4.74 Å². The minimum atomic E-state index is 0.0831. The summed E-state index contributed by atoms with van der Waals surface area (Å²) in [5, 5.41) is 3.58. The normalized spacial score (nSPS) is 24.8. The fraction of sp³-hybridized carbons (Fsp3) is 0.538. The van der Waals surface area contributed by atoms with E-state index in [0.29, 0.717) is 0 Å². The second kappa shape index (κ2) is 4.38. The van der Waals surface area contributed by atoms with Crippen LogP contribution in [0.25, 0.3) is 0 Å². The van der Waals surface area contributed by atoms with Crippen molar-refractivity contribution in [3.63, 3.8) is 0 Å². The Morgan fingerprint density at radius 2 is 2.19 bits per heavy atom. The van der Waals surface area contributed by atoms with Gasteiger partial charge in [0.1, 0.15) is 5.75 Å². The van der Waals surface area contributed by atoms with E-state index in [1.807, 2.05) is 0 Å². The molecule has 1 aliphatic heterocycles. The van der Waals surface area contributed by atoms with Gasteiger partial charge in [0, 0.05) is 10.0 Å². The van der Waals surface area contributed by atoms with E-state index in [1.165, 1.54) is 28.4 Å². The number of nitrogens with one attached hydrogen (secondary N) is 1. The molecule has 0 spiro atoms. The van der Waals surface area contributed by atoms with Crippen LogP contribution in [0.2, 0.25) is 0 Å². The van der Waals surface area contributed by atoms with E-state index in [0.717, 1.165) is 12.3 Å². The predicted octanol–water partition coefficient (Wildman–Crippen LogP) is 3.36. The summed E-state index contributed by atoms with van der Waals surface area (Å²) in [6.45, 7) is 5.42. The Bertz CT molecular complexity index is 397. The van der Waals surface area contributed by atoms with E-state index in [9.17, 15) is 0 Å². The molecule has 1 fully saturated rings. The van der Waals surface area contributed by atoms with Crippen molar-refractivity contribution in [2.75, 3.05) is 13.7 Å². The van der Waals surface area contributed by atoms with E-state index in [1.54, 1.807) is 7.11 Å². The fourth-order valence-electron chi connectivity index (χ4n) is 2.42. The third-order valence-electron chi connectivity index (χ3n) is 3.45. The summed E-state index contributed by atoms with van der Waals surface area (Å²) in [6, 6.07) is 4.29. The topological polar surface area (TPSA) is 21.3 Å². The fourth-order valence-corrected chi connectivity index (χ4v) is 3.32. The highest BCUT2D eigenvalue weighted by Crippen LogP contribution is 2.38. The quantitative estimate of drug-likeness (QED) is 0.899. The summed E-state index contributed by atoms with van der Waals surface area (Å²) < 4.78 is 6.57. The molecule has 0 radical (unpaired) electrons. The number of aryl methyl sites for hydroxylation is 1. The Kier molecular flexibility index (Phi) is 3.27. The van der Waals surface area contributed by atoms with E-state index in [2.05, 4.69) is 47.2 Å². The molecule has 1 unspecified atom stereocenters. The van der Waals surface area contributed by atoms with Crippen molar-refractivity contribution in [2.45, 2.75) is 32.2 Å². The van der Waals surface area contributed by atoms with Gasteiger partial charge in [-0.2, -0.15) is 0 Å². The summed E-state index contributed by atoms with van der Waals surface area (Å²) >= 11 is 3.66. The maximum absolute atomic E-state index is 5.40. The first-order chi connectivity index (χ1) is 7.57. The molecule has 1 atom stereocenters. The smallest absolute Gasteiger partial charge is 0.122 e. The van der Waals surface area contributed by atoms with Crippen LogP contribution in [-0.4, -0.2) is 13.7 Å². The van der Waals surface area contributed by atoms with Crippen LogP contribution in [0.3, 0.4) is 0 Å². The van der Waals surface area contributed by atoms with Gasteiger partial charge in [-0.05, 0) is 56.5 Å². The monoisotopic (exact) mass is 283 g/mol. The predicted molar refractivity (Wildman–Crippen MR) is 70.0 cm³/mol. The molecular weight excluding hydrogens is 266 g/mol. The highest BCUT2D eigenvalue weighted by Gasteiger charge is 2.32. The molecule has 3 heteroatoms. The van der Waals surface area contributed by atoms with Gasteiger partial charge in [0.2, 0.25) is 0 Å². The lowest BCUT2D eigenvalue weighted by Gasteiger charge is -2.27. The molecule has 16 heavy (non-hydrogen) atoms. The second-order valence-corrected chi connectivity index (χ2v) is 5.52. The summed E-state index contributed by atoms with van der Waals surface area (Å²) in [6.07, 6.45) is 2.41. The van der Waals surface area contributed by atoms with Gasteiger partial charge in [0.15, 0.2) is 0 Å². The highest BCUT2D eigenvalue weighted by atomic mass is 79.9. The molecule has 88 valence electrons. The van der Waals surface area contributed by atoms with E-state index in [-0.39, 0.29) is 5.54 Å². The first kappa shape index (κ1) is 11.9. The van der Waals surface area contributed by atoms with Crippen LogP contribution >= 0.6 is 15.9 Å². The number of benzene rings is 1. The highest BCUT2D eigenvalue weighted by molar-refractivity contribution is 9.10. The minimum absolute atomic E-state index is 0.0831. The number of rotatable bonds is 2. The molecule has 1 aromatic carbocycles. The third-order valence-corrected chi connectivity index (χ3v) is 4.10. The molecule has 1 saturated heterocycles. The standard InChI is InChI=1S/C13H18BrNO/c1-9-7-11(14)10(8-12(9)16-3)13(2)5-4-6-15-13/h7-8,15H,4-6H2,1-3H3. The molecule has 2 rings (SSSR count). The van der Waals surface area contributed by atoms with Gasteiger partial charge in [0.05, 0.1) is 7.11 Å². The van der Waals surface area contributed by atoms with Crippen LogP contribution in [0.1, 0.15) is 30.9 Å². The summed E-state index contributed by atoms with van der Waals surface area (Å²) in [7, 11) is 1.73. The molecule has 2 nitrogen and oxygen atoms in total. The van der Waals surface area contributed by atoms with Crippen LogP contribution in [0.15, 0.2) is 16.6 Å². The van der Waals surface area contributed by atoms with Crippen LogP contribution in [0, 0.1) is 6.92 Å². The van der Waals surface area contributed by atoms with Gasteiger partial charge in [-0.25, -0.2) is 0 Å². The van der Waals surface area contributed by atoms with Gasteiger partial charge in [-0.15, -0.1) is 0 Å². The Morgan fingerprint density at radius 1 is 1.44 bits per heavy atom. The number of methoxy groups -OCH3 is 1. The average Bonchev–Trinajstić information content (AvgIpc) is 2.66. The van der Waals surface area contributed by atoms with Crippen molar-refractivity contribution in [1.29, 1.82) is 0 Å². The average molecular weight is 284 g/mol. The molecule has 0 aliphatic carbocycles. The zero-order valence-electron chi connectivity index (χ0n) is 10.1. The van der Waals surface area contributed by atoms with Crippen molar-refractivity contribution in [2.24, 2.45) is 0 Å². The number of halogens is 1. The molecule has 1 aliphatic rings. The zero-order chi connectivity index (χ0) is 11.8. The minimum Gasteiger partial charge on any atom is -0.496 e.